The number of hydrogen-bond donors (Lipinski definition) is 1. The molecule has 96 valence electrons. The third-order valence-electron chi connectivity index (χ3n) is 3.92. The predicted molar refractivity (Wildman–Crippen MR) is 72.3 cm³/mol. The Hall–Kier alpha value is -2.13. The standard InChI is InChI=1S/C16H14O3/c1-16(19-2)13-6-4-3-5-11(13)12-8-7-10(15(17)18)9-14(12)16/h3-9H,1-2H3,(H,17,18). The van der Waals surface area contributed by atoms with Crippen LogP contribution in [-0.4, -0.2) is 18.2 Å². The number of carboxylic acid groups (broad SMARTS) is 1. The van der Waals surface area contributed by atoms with Gasteiger partial charge in [0.15, 0.2) is 0 Å². The van der Waals surface area contributed by atoms with Crippen molar-refractivity contribution in [3.63, 3.8) is 0 Å². The lowest BCUT2D eigenvalue weighted by molar-refractivity contribution is 0.0429. The highest BCUT2D eigenvalue weighted by Crippen LogP contribution is 2.49. The fraction of sp³-hybridized carbons (Fsp3) is 0.188. The van der Waals surface area contributed by atoms with Crippen LogP contribution in [0.3, 0.4) is 0 Å². The lowest BCUT2D eigenvalue weighted by Gasteiger charge is -2.25. The summed E-state index contributed by atoms with van der Waals surface area (Å²) in [6, 6.07) is 13.2. The van der Waals surface area contributed by atoms with Gasteiger partial charge in [-0.05, 0) is 41.3 Å². The van der Waals surface area contributed by atoms with Crippen LogP contribution in [0.5, 0.6) is 0 Å². The first-order valence-electron chi connectivity index (χ1n) is 6.11. The second-order valence-corrected chi connectivity index (χ2v) is 4.85. The van der Waals surface area contributed by atoms with Crippen LogP contribution in [0.1, 0.15) is 28.4 Å². The summed E-state index contributed by atoms with van der Waals surface area (Å²) in [6.45, 7) is 1.98. The average molecular weight is 254 g/mol. The van der Waals surface area contributed by atoms with Gasteiger partial charge >= 0.3 is 5.97 Å². The molecular weight excluding hydrogens is 240 g/mol. The summed E-state index contributed by atoms with van der Waals surface area (Å²) in [5.41, 5.74) is 3.85. The van der Waals surface area contributed by atoms with E-state index in [1.807, 2.05) is 37.3 Å². The van der Waals surface area contributed by atoms with E-state index in [1.165, 1.54) is 0 Å². The fourth-order valence-corrected chi connectivity index (χ4v) is 2.81. The smallest absolute Gasteiger partial charge is 0.335 e. The van der Waals surface area contributed by atoms with Crippen molar-refractivity contribution in [3.8, 4) is 11.1 Å². The summed E-state index contributed by atoms with van der Waals surface area (Å²) >= 11 is 0. The van der Waals surface area contributed by atoms with Crippen LogP contribution in [0.2, 0.25) is 0 Å². The van der Waals surface area contributed by atoms with Gasteiger partial charge in [0.2, 0.25) is 0 Å². The number of aromatic carboxylic acids is 1. The number of benzene rings is 2. The van der Waals surface area contributed by atoms with E-state index in [2.05, 4.69) is 0 Å². The lowest BCUT2D eigenvalue weighted by Crippen LogP contribution is -2.23. The normalized spacial score (nSPS) is 19.9. The largest absolute Gasteiger partial charge is 0.478 e. The maximum Gasteiger partial charge on any atom is 0.335 e. The zero-order chi connectivity index (χ0) is 13.6. The molecule has 0 spiro atoms. The average Bonchev–Trinajstić information content (AvgIpc) is 2.70. The molecule has 0 amide bonds. The van der Waals surface area contributed by atoms with Crippen molar-refractivity contribution in [1.82, 2.24) is 0 Å². The van der Waals surface area contributed by atoms with Crippen LogP contribution in [-0.2, 0) is 10.3 Å². The second kappa shape index (κ2) is 3.93. The van der Waals surface area contributed by atoms with Gasteiger partial charge in [-0.15, -0.1) is 0 Å². The minimum absolute atomic E-state index is 0.287. The molecule has 3 rings (SSSR count). The van der Waals surface area contributed by atoms with Crippen molar-refractivity contribution in [3.05, 3.63) is 59.2 Å². The molecule has 1 atom stereocenters. The second-order valence-electron chi connectivity index (χ2n) is 4.85. The van der Waals surface area contributed by atoms with Gasteiger partial charge in [-0.1, -0.05) is 30.3 Å². The highest BCUT2D eigenvalue weighted by Gasteiger charge is 2.39. The summed E-state index contributed by atoms with van der Waals surface area (Å²) in [7, 11) is 1.65. The van der Waals surface area contributed by atoms with E-state index in [0.29, 0.717) is 0 Å². The van der Waals surface area contributed by atoms with Gasteiger partial charge in [0.1, 0.15) is 5.60 Å². The Labute approximate surface area is 111 Å². The van der Waals surface area contributed by atoms with Gasteiger partial charge in [-0.2, -0.15) is 0 Å². The quantitative estimate of drug-likeness (QED) is 0.894. The Morgan fingerprint density at radius 1 is 1.11 bits per heavy atom. The van der Waals surface area contributed by atoms with Crippen LogP contribution < -0.4 is 0 Å². The first kappa shape index (κ1) is 11.9. The summed E-state index contributed by atoms with van der Waals surface area (Å²) in [5, 5.41) is 9.14. The van der Waals surface area contributed by atoms with Crippen LogP contribution in [0.25, 0.3) is 11.1 Å². The molecular formula is C16H14O3. The molecule has 0 radical (unpaired) electrons. The lowest BCUT2D eigenvalue weighted by atomic mass is 9.92. The molecule has 3 nitrogen and oxygen atoms in total. The van der Waals surface area contributed by atoms with E-state index in [1.54, 1.807) is 19.2 Å². The number of carboxylic acids is 1. The van der Waals surface area contributed by atoms with Crippen molar-refractivity contribution in [1.29, 1.82) is 0 Å². The van der Waals surface area contributed by atoms with Gasteiger partial charge in [0, 0.05) is 7.11 Å². The zero-order valence-corrected chi connectivity index (χ0v) is 10.8. The Balaban J connectivity index is 2.32. The van der Waals surface area contributed by atoms with Gasteiger partial charge < -0.3 is 9.84 Å². The molecule has 1 aliphatic rings. The van der Waals surface area contributed by atoms with Crippen molar-refractivity contribution in [2.45, 2.75) is 12.5 Å². The highest BCUT2D eigenvalue weighted by atomic mass is 16.5. The topological polar surface area (TPSA) is 46.5 Å². The van der Waals surface area contributed by atoms with E-state index in [0.717, 1.165) is 22.3 Å². The summed E-state index contributed by atoms with van der Waals surface area (Å²) < 4.78 is 5.69. The monoisotopic (exact) mass is 254 g/mol. The van der Waals surface area contributed by atoms with Crippen molar-refractivity contribution in [2.75, 3.05) is 7.11 Å². The summed E-state index contributed by atoms with van der Waals surface area (Å²) in [6.07, 6.45) is 0. The molecule has 1 aliphatic carbocycles. The third kappa shape index (κ3) is 1.52. The Bertz CT molecular complexity index is 675. The first-order chi connectivity index (χ1) is 9.08. The molecule has 2 aromatic carbocycles. The summed E-state index contributed by atoms with van der Waals surface area (Å²) in [4.78, 5) is 11.1. The molecule has 0 fully saturated rings. The molecule has 3 heteroatoms. The minimum atomic E-state index is -0.919. The molecule has 19 heavy (non-hydrogen) atoms. The van der Waals surface area contributed by atoms with E-state index in [-0.39, 0.29) is 5.56 Å². The van der Waals surface area contributed by atoms with E-state index in [9.17, 15) is 4.79 Å². The van der Waals surface area contributed by atoms with Crippen LogP contribution in [0.4, 0.5) is 0 Å². The van der Waals surface area contributed by atoms with Gasteiger partial charge in [-0.3, -0.25) is 0 Å². The SMILES string of the molecule is COC1(C)c2ccccc2-c2ccc(C(=O)O)cc21. The van der Waals surface area contributed by atoms with Gasteiger partial charge in [0.05, 0.1) is 5.56 Å². The number of hydrogen-bond acceptors (Lipinski definition) is 2. The zero-order valence-electron chi connectivity index (χ0n) is 10.8. The maximum absolute atomic E-state index is 11.1. The Kier molecular flexibility index (Phi) is 2.47. The molecule has 1 N–H and O–H groups in total. The molecule has 1 unspecified atom stereocenters. The van der Waals surface area contributed by atoms with Crippen molar-refractivity contribution in [2.24, 2.45) is 0 Å². The Morgan fingerprint density at radius 3 is 2.47 bits per heavy atom. The van der Waals surface area contributed by atoms with E-state index in [4.69, 9.17) is 9.84 Å². The maximum atomic E-state index is 11.1. The molecule has 0 saturated heterocycles. The molecule has 0 saturated carbocycles. The van der Waals surface area contributed by atoms with Crippen LogP contribution in [0.15, 0.2) is 42.5 Å². The Morgan fingerprint density at radius 2 is 1.79 bits per heavy atom. The number of rotatable bonds is 2. The molecule has 0 aromatic heterocycles. The number of fused-ring (bicyclic) bond motifs is 3. The third-order valence-corrected chi connectivity index (χ3v) is 3.92. The molecule has 0 aliphatic heterocycles. The molecule has 2 aromatic rings. The van der Waals surface area contributed by atoms with E-state index >= 15 is 0 Å². The fourth-order valence-electron chi connectivity index (χ4n) is 2.81. The minimum Gasteiger partial charge on any atom is -0.478 e. The van der Waals surface area contributed by atoms with Crippen LogP contribution in [0, 0.1) is 0 Å². The number of carbonyl (C=O) groups is 1. The molecule has 0 bridgehead atoms. The highest BCUT2D eigenvalue weighted by molar-refractivity contribution is 5.91. The summed E-state index contributed by atoms with van der Waals surface area (Å²) in [5.74, 6) is -0.919. The van der Waals surface area contributed by atoms with Crippen molar-refractivity contribution < 1.29 is 14.6 Å². The first-order valence-corrected chi connectivity index (χ1v) is 6.11. The van der Waals surface area contributed by atoms with E-state index < -0.39 is 11.6 Å². The molecule has 0 heterocycles. The number of methoxy groups -OCH3 is 1. The van der Waals surface area contributed by atoms with Gasteiger partial charge in [0.25, 0.3) is 0 Å². The van der Waals surface area contributed by atoms with Crippen LogP contribution >= 0.6 is 0 Å². The number of ether oxygens (including phenoxy) is 1. The van der Waals surface area contributed by atoms with Gasteiger partial charge in [-0.25, -0.2) is 4.79 Å². The van der Waals surface area contributed by atoms with Crippen molar-refractivity contribution >= 4 is 5.97 Å². The predicted octanol–water partition coefficient (Wildman–Crippen LogP) is 3.28.